The minimum absolute atomic E-state index is 0.0742. The first-order valence-electron chi connectivity index (χ1n) is 9.30. The zero-order valence-electron chi connectivity index (χ0n) is 16.0. The fraction of sp³-hybridized carbons (Fsp3) is 0.381. The van der Waals surface area contributed by atoms with Gasteiger partial charge in [0.25, 0.3) is 5.91 Å². The van der Waals surface area contributed by atoms with E-state index in [4.69, 9.17) is 9.47 Å². The first kappa shape index (κ1) is 19.7. The van der Waals surface area contributed by atoms with Crippen molar-refractivity contribution in [3.63, 3.8) is 0 Å². The lowest BCUT2D eigenvalue weighted by atomic mass is 9.99. The van der Waals surface area contributed by atoms with Crippen LogP contribution in [0.1, 0.15) is 29.8 Å². The van der Waals surface area contributed by atoms with Gasteiger partial charge in [-0.2, -0.15) is 0 Å². The maximum atomic E-state index is 12.8. The Labute approximate surface area is 163 Å². The van der Waals surface area contributed by atoms with Crippen LogP contribution in [0.4, 0.5) is 0 Å². The van der Waals surface area contributed by atoms with Crippen LogP contribution >= 0.6 is 0 Å². The van der Waals surface area contributed by atoms with Crippen LogP contribution in [-0.2, 0) is 11.4 Å². The second kappa shape index (κ2) is 8.73. The fourth-order valence-corrected chi connectivity index (χ4v) is 3.31. The number of aliphatic carboxylic acids is 1. The van der Waals surface area contributed by atoms with Gasteiger partial charge in [0.1, 0.15) is 6.61 Å². The molecule has 2 aromatic rings. The molecule has 1 aromatic heterocycles. The number of aromatic nitrogens is 1. The van der Waals surface area contributed by atoms with Crippen molar-refractivity contribution in [2.24, 2.45) is 11.8 Å². The molecule has 0 spiro atoms. The van der Waals surface area contributed by atoms with Crippen LogP contribution in [0, 0.1) is 11.8 Å². The van der Waals surface area contributed by atoms with Gasteiger partial charge in [0.2, 0.25) is 0 Å². The Hall–Kier alpha value is -3.09. The number of benzene rings is 1. The number of hydrogen-bond acceptors (Lipinski definition) is 5. The highest BCUT2D eigenvalue weighted by atomic mass is 16.5. The van der Waals surface area contributed by atoms with Crippen LogP contribution in [0.5, 0.6) is 11.5 Å². The normalized spacial score (nSPS) is 18.7. The summed E-state index contributed by atoms with van der Waals surface area (Å²) in [5.74, 6) is -0.639. The van der Waals surface area contributed by atoms with Crippen molar-refractivity contribution in [3.8, 4) is 11.5 Å². The van der Waals surface area contributed by atoms with Crippen molar-refractivity contribution >= 4 is 11.9 Å². The molecule has 2 atom stereocenters. The highest BCUT2D eigenvalue weighted by Gasteiger charge is 2.37. The SMILES string of the molecule is CCOc1cc(C(=O)N2C[C@@H](C)[C@H](C(=O)O)C2)ccc1OCc1cccnc1. The molecule has 0 aliphatic carbocycles. The van der Waals surface area contributed by atoms with Crippen LogP contribution in [0.25, 0.3) is 0 Å². The monoisotopic (exact) mass is 384 g/mol. The number of hydrogen-bond donors (Lipinski definition) is 1. The molecule has 0 bridgehead atoms. The highest BCUT2D eigenvalue weighted by molar-refractivity contribution is 5.95. The molecule has 3 rings (SSSR count). The third-order valence-corrected chi connectivity index (χ3v) is 4.82. The Morgan fingerprint density at radius 2 is 2.04 bits per heavy atom. The average Bonchev–Trinajstić information content (AvgIpc) is 3.09. The number of amides is 1. The minimum Gasteiger partial charge on any atom is -0.490 e. The number of carbonyl (C=O) groups excluding carboxylic acids is 1. The number of ether oxygens (including phenoxy) is 2. The third kappa shape index (κ3) is 4.42. The van der Waals surface area contributed by atoms with Crippen LogP contribution < -0.4 is 9.47 Å². The molecular weight excluding hydrogens is 360 g/mol. The van der Waals surface area contributed by atoms with Gasteiger partial charge in [-0.3, -0.25) is 14.6 Å². The standard InChI is InChI=1S/C21H24N2O5/c1-3-27-19-9-16(20(24)23-11-14(2)17(12-23)21(25)26)6-7-18(19)28-13-15-5-4-8-22-10-15/h4-10,14,17H,3,11-13H2,1-2H3,(H,25,26)/t14-,17-/m1/s1. The van der Waals surface area contributed by atoms with E-state index in [2.05, 4.69) is 4.98 Å². The van der Waals surface area contributed by atoms with Crippen molar-refractivity contribution in [3.05, 3.63) is 53.9 Å². The van der Waals surface area contributed by atoms with Crippen LogP contribution in [-0.4, -0.2) is 46.6 Å². The van der Waals surface area contributed by atoms with E-state index < -0.39 is 11.9 Å². The van der Waals surface area contributed by atoms with Gasteiger partial charge < -0.3 is 19.5 Å². The smallest absolute Gasteiger partial charge is 0.308 e. The van der Waals surface area contributed by atoms with Gasteiger partial charge in [0.15, 0.2) is 11.5 Å². The van der Waals surface area contributed by atoms with Gasteiger partial charge in [-0.15, -0.1) is 0 Å². The van der Waals surface area contributed by atoms with Gasteiger partial charge in [-0.05, 0) is 37.1 Å². The summed E-state index contributed by atoms with van der Waals surface area (Å²) in [4.78, 5) is 29.8. The first-order chi connectivity index (χ1) is 13.5. The molecule has 1 aliphatic heterocycles. The predicted octanol–water partition coefficient (Wildman–Crippen LogP) is 2.85. The van der Waals surface area contributed by atoms with Crippen molar-refractivity contribution < 1.29 is 24.2 Å². The van der Waals surface area contributed by atoms with Crippen molar-refractivity contribution in [2.75, 3.05) is 19.7 Å². The molecular formula is C21H24N2O5. The summed E-state index contributed by atoms with van der Waals surface area (Å²) >= 11 is 0. The van der Waals surface area contributed by atoms with E-state index in [-0.39, 0.29) is 18.4 Å². The van der Waals surface area contributed by atoms with Crippen molar-refractivity contribution in [2.45, 2.75) is 20.5 Å². The molecule has 0 unspecified atom stereocenters. The number of nitrogens with zero attached hydrogens (tertiary/aromatic N) is 2. The lowest BCUT2D eigenvalue weighted by molar-refractivity contribution is -0.142. The zero-order chi connectivity index (χ0) is 20.1. The fourth-order valence-electron chi connectivity index (χ4n) is 3.31. The molecule has 7 nitrogen and oxygen atoms in total. The predicted molar refractivity (Wildman–Crippen MR) is 102 cm³/mol. The molecule has 1 aliphatic rings. The summed E-state index contributed by atoms with van der Waals surface area (Å²) in [5, 5.41) is 9.28. The van der Waals surface area contributed by atoms with Gasteiger partial charge in [0, 0.05) is 36.6 Å². The summed E-state index contributed by atoms with van der Waals surface area (Å²) in [5.41, 5.74) is 1.38. The summed E-state index contributed by atoms with van der Waals surface area (Å²) in [6.45, 7) is 5.14. The van der Waals surface area contributed by atoms with Crippen LogP contribution in [0.15, 0.2) is 42.7 Å². The Bertz CT molecular complexity index is 840. The summed E-state index contributed by atoms with van der Waals surface area (Å²) in [6.07, 6.45) is 3.43. The summed E-state index contributed by atoms with van der Waals surface area (Å²) in [7, 11) is 0. The maximum absolute atomic E-state index is 12.8. The maximum Gasteiger partial charge on any atom is 0.308 e. The van der Waals surface area contributed by atoms with E-state index in [9.17, 15) is 14.7 Å². The zero-order valence-corrected chi connectivity index (χ0v) is 16.0. The molecule has 0 radical (unpaired) electrons. The number of carboxylic acids is 1. The average molecular weight is 384 g/mol. The quantitative estimate of drug-likeness (QED) is 0.790. The number of carbonyl (C=O) groups is 2. The summed E-state index contributed by atoms with van der Waals surface area (Å²) < 4.78 is 11.5. The molecule has 1 amide bonds. The Kier molecular flexibility index (Phi) is 6.13. The van der Waals surface area contributed by atoms with E-state index in [0.717, 1.165) is 5.56 Å². The van der Waals surface area contributed by atoms with Gasteiger partial charge in [-0.25, -0.2) is 0 Å². The van der Waals surface area contributed by atoms with E-state index >= 15 is 0 Å². The molecule has 7 heteroatoms. The van der Waals surface area contributed by atoms with E-state index in [1.165, 1.54) is 0 Å². The van der Waals surface area contributed by atoms with Crippen LogP contribution in [0.2, 0.25) is 0 Å². The molecule has 1 aromatic carbocycles. The molecule has 1 saturated heterocycles. The molecule has 1 fully saturated rings. The van der Waals surface area contributed by atoms with E-state index in [0.29, 0.717) is 36.8 Å². The lowest BCUT2D eigenvalue weighted by Gasteiger charge is -2.18. The second-order valence-corrected chi connectivity index (χ2v) is 6.88. The minimum atomic E-state index is -0.864. The number of pyridine rings is 1. The molecule has 1 N–H and O–H groups in total. The molecule has 148 valence electrons. The molecule has 28 heavy (non-hydrogen) atoms. The van der Waals surface area contributed by atoms with Crippen molar-refractivity contribution in [1.29, 1.82) is 0 Å². The lowest BCUT2D eigenvalue weighted by Crippen LogP contribution is -2.29. The van der Waals surface area contributed by atoms with Gasteiger partial charge >= 0.3 is 5.97 Å². The number of rotatable bonds is 7. The largest absolute Gasteiger partial charge is 0.490 e. The topological polar surface area (TPSA) is 89.0 Å². The third-order valence-electron chi connectivity index (χ3n) is 4.82. The molecule has 2 heterocycles. The van der Waals surface area contributed by atoms with E-state index in [1.54, 1.807) is 35.5 Å². The summed E-state index contributed by atoms with van der Waals surface area (Å²) in [6, 6.07) is 8.80. The van der Waals surface area contributed by atoms with Crippen LogP contribution in [0.3, 0.4) is 0 Å². The Morgan fingerprint density at radius 3 is 2.68 bits per heavy atom. The van der Waals surface area contributed by atoms with Gasteiger partial charge in [-0.1, -0.05) is 13.0 Å². The van der Waals surface area contributed by atoms with Gasteiger partial charge in [0.05, 0.1) is 12.5 Å². The molecule has 0 saturated carbocycles. The number of carboxylic acid groups (broad SMARTS) is 1. The Morgan fingerprint density at radius 1 is 1.21 bits per heavy atom. The second-order valence-electron chi connectivity index (χ2n) is 6.88. The highest BCUT2D eigenvalue weighted by Crippen LogP contribution is 2.31. The Balaban J connectivity index is 1.74. The van der Waals surface area contributed by atoms with Crippen molar-refractivity contribution in [1.82, 2.24) is 9.88 Å². The number of likely N-dealkylation sites (tertiary alicyclic amines) is 1. The van der Waals surface area contributed by atoms with E-state index in [1.807, 2.05) is 26.0 Å². The first-order valence-corrected chi connectivity index (χ1v) is 9.30.